The molecule has 168 valence electrons. The number of benzene rings is 2. The summed E-state index contributed by atoms with van der Waals surface area (Å²) in [6.07, 6.45) is 1.44. The van der Waals surface area contributed by atoms with Gasteiger partial charge in [-0.15, -0.1) is 23.1 Å². The van der Waals surface area contributed by atoms with E-state index < -0.39 is 5.25 Å². The number of anilines is 2. The summed E-state index contributed by atoms with van der Waals surface area (Å²) >= 11 is 14.9. The van der Waals surface area contributed by atoms with Crippen LogP contribution in [-0.4, -0.2) is 22.0 Å². The van der Waals surface area contributed by atoms with E-state index in [4.69, 9.17) is 27.6 Å². The lowest BCUT2D eigenvalue weighted by atomic mass is 10.2. The SMILES string of the molecule is CC(Sc1cccc(NC(=O)c2ccco2)c1)C(=O)Nc1nc(-c2ccc(Cl)cc2Cl)cs1. The molecule has 4 aromatic rings. The average molecular weight is 518 g/mol. The molecule has 2 heterocycles. The van der Waals surface area contributed by atoms with Crippen LogP contribution in [0.25, 0.3) is 11.3 Å². The van der Waals surface area contributed by atoms with Crippen molar-refractivity contribution in [2.45, 2.75) is 17.1 Å². The second kappa shape index (κ2) is 10.4. The average Bonchev–Trinajstić information content (AvgIpc) is 3.46. The van der Waals surface area contributed by atoms with Crippen LogP contribution in [0.15, 0.2) is 75.6 Å². The summed E-state index contributed by atoms with van der Waals surface area (Å²) in [5.74, 6) is -0.301. The van der Waals surface area contributed by atoms with Crippen molar-refractivity contribution in [3.63, 3.8) is 0 Å². The van der Waals surface area contributed by atoms with Crippen molar-refractivity contribution >= 4 is 68.9 Å². The normalized spacial score (nSPS) is 11.7. The molecule has 6 nitrogen and oxygen atoms in total. The van der Waals surface area contributed by atoms with Gasteiger partial charge in [-0.2, -0.15) is 0 Å². The molecule has 2 N–H and O–H groups in total. The first-order valence-electron chi connectivity index (χ1n) is 9.72. The second-order valence-electron chi connectivity index (χ2n) is 6.87. The Kier molecular flexibility index (Phi) is 7.39. The summed E-state index contributed by atoms with van der Waals surface area (Å²) < 4.78 is 5.10. The van der Waals surface area contributed by atoms with Crippen LogP contribution in [0.5, 0.6) is 0 Å². The number of furan rings is 1. The predicted molar refractivity (Wildman–Crippen MR) is 135 cm³/mol. The molecule has 0 radical (unpaired) electrons. The van der Waals surface area contributed by atoms with E-state index >= 15 is 0 Å². The third-order valence-electron chi connectivity index (χ3n) is 4.46. The molecule has 0 aliphatic carbocycles. The third-order valence-corrected chi connectivity index (χ3v) is 6.86. The Morgan fingerprint density at radius 3 is 2.70 bits per heavy atom. The number of halogens is 2. The number of rotatable bonds is 7. The molecule has 1 unspecified atom stereocenters. The Labute approximate surface area is 208 Å². The topological polar surface area (TPSA) is 84.2 Å². The van der Waals surface area contributed by atoms with E-state index in [1.807, 2.05) is 17.5 Å². The van der Waals surface area contributed by atoms with Crippen molar-refractivity contribution in [1.29, 1.82) is 0 Å². The number of nitrogens with one attached hydrogen (secondary N) is 2. The Balaban J connectivity index is 1.37. The van der Waals surface area contributed by atoms with E-state index in [2.05, 4.69) is 15.6 Å². The van der Waals surface area contributed by atoms with Gasteiger partial charge in [-0.1, -0.05) is 29.3 Å². The van der Waals surface area contributed by atoms with Crippen LogP contribution in [0.2, 0.25) is 10.0 Å². The van der Waals surface area contributed by atoms with Gasteiger partial charge in [-0.25, -0.2) is 4.98 Å². The van der Waals surface area contributed by atoms with Crippen LogP contribution >= 0.6 is 46.3 Å². The van der Waals surface area contributed by atoms with Crippen molar-refractivity contribution in [3.8, 4) is 11.3 Å². The minimum atomic E-state index is -0.396. The van der Waals surface area contributed by atoms with Gasteiger partial charge in [-0.05, 0) is 55.5 Å². The number of thiazole rings is 1. The van der Waals surface area contributed by atoms with E-state index in [0.717, 1.165) is 10.5 Å². The Morgan fingerprint density at radius 1 is 1.09 bits per heavy atom. The fraction of sp³-hybridized carbons (Fsp3) is 0.0870. The minimum absolute atomic E-state index is 0.187. The molecule has 1 atom stereocenters. The summed E-state index contributed by atoms with van der Waals surface area (Å²) in [7, 11) is 0. The number of aromatic nitrogens is 1. The van der Waals surface area contributed by atoms with Crippen LogP contribution in [-0.2, 0) is 4.79 Å². The molecule has 0 saturated carbocycles. The number of hydrogen-bond donors (Lipinski definition) is 2. The molecular formula is C23H17Cl2N3O3S2. The van der Waals surface area contributed by atoms with Crippen molar-refractivity contribution in [2.75, 3.05) is 10.6 Å². The predicted octanol–water partition coefficient (Wildman–Crippen LogP) is 7.08. The molecule has 0 bridgehead atoms. The van der Waals surface area contributed by atoms with E-state index in [1.54, 1.807) is 49.4 Å². The van der Waals surface area contributed by atoms with Crippen molar-refractivity contribution < 1.29 is 14.0 Å². The van der Waals surface area contributed by atoms with Gasteiger partial charge in [0.05, 0.1) is 22.2 Å². The lowest BCUT2D eigenvalue weighted by Crippen LogP contribution is -2.22. The first kappa shape index (κ1) is 23.4. The molecule has 0 fully saturated rings. The number of hydrogen-bond acceptors (Lipinski definition) is 6. The summed E-state index contributed by atoms with van der Waals surface area (Å²) in [5, 5.41) is 8.57. The Bertz CT molecular complexity index is 1290. The number of nitrogens with zero attached hydrogens (tertiary/aromatic N) is 1. The lowest BCUT2D eigenvalue weighted by molar-refractivity contribution is -0.115. The molecule has 10 heteroatoms. The summed E-state index contributed by atoms with van der Waals surface area (Å²) in [6.45, 7) is 1.80. The van der Waals surface area contributed by atoms with E-state index in [9.17, 15) is 9.59 Å². The summed E-state index contributed by atoms with van der Waals surface area (Å²) in [4.78, 5) is 30.2. The zero-order chi connectivity index (χ0) is 23.4. The van der Waals surface area contributed by atoms with Crippen LogP contribution in [0.1, 0.15) is 17.5 Å². The monoisotopic (exact) mass is 517 g/mol. The summed E-state index contributed by atoms with van der Waals surface area (Å²) in [6, 6.07) is 15.7. The van der Waals surface area contributed by atoms with Gasteiger partial charge in [0.15, 0.2) is 10.9 Å². The molecule has 0 aliphatic heterocycles. The Hall–Kier alpha value is -2.78. The van der Waals surface area contributed by atoms with E-state index in [-0.39, 0.29) is 17.6 Å². The standard InChI is InChI=1S/C23H17Cl2N3O3S2/c1-13(33-16-5-2-4-15(11-16)26-22(30)20-6-3-9-31-20)21(29)28-23-27-19(12-32-23)17-8-7-14(24)10-18(17)25/h2-13H,1H3,(H,26,30)(H,27,28,29). The van der Waals surface area contributed by atoms with Crippen LogP contribution < -0.4 is 10.6 Å². The number of thioether (sulfide) groups is 1. The first-order valence-corrected chi connectivity index (χ1v) is 12.2. The van der Waals surface area contributed by atoms with Gasteiger partial charge in [0.25, 0.3) is 5.91 Å². The molecule has 2 amide bonds. The first-order chi connectivity index (χ1) is 15.9. The van der Waals surface area contributed by atoms with Crippen LogP contribution in [0.4, 0.5) is 10.8 Å². The zero-order valence-corrected chi connectivity index (χ0v) is 20.3. The van der Waals surface area contributed by atoms with Gasteiger partial charge in [0.1, 0.15) is 0 Å². The smallest absolute Gasteiger partial charge is 0.291 e. The molecular weight excluding hydrogens is 501 g/mol. The fourth-order valence-electron chi connectivity index (χ4n) is 2.86. The second-order valence-corrected chi connectivity index (χ2v) is 9.99. The highest BCUT2D eigenvalue weighted by Crippen LogP contribution is 2.33. The molecule has 4 rings (SSSR count). The maximum atomic E-state index is 12.7. The van der Waals surface area contributed by atoms with E-state index in [0.29, 0.717) is 26.6 Å². The van der Waals surface area contributed by atoms with Crippen LogP contribution in [0, 0.1) is 0 Å². The number of carbonyl (C=O) groups excluding carboxylic acids is 2. The maximum Gasteiger partial charge on any atom is 0.291 e. The number of carbonyl (C=O) groups is 2. The number of amides is 2. The van der Waals surface area contributed by atoms with Gasteiger partial charge in [-0.3, -0.25) is 9.59 Å². The molecule has 0 spiro atoms. The zero-order valence-electron chi connectivity index (χ0n) is 17.2. The quantitative estimate of drug-likeness (QED) is 0.256. The van der Waals surface area contributed by atoms with Gasteiger partial charge >= 0.3 is 0 Å². The highest BCUT2D eigenvalue weighted by atomic mass is 35.5. The summed E-state index contributed by atoms with van der Waals surface area (Å²) in [5.41, 5.74) is 2.02. The fourth-order valence-corrected chi connectivity index (χ4v) is 5.01. The highest BCUT2D eigenvalue weighted by molar-refractivity contribution is 8.00. The highest BCUT2D eigenvalue weighted by Gasteiger charge is 2.18. The van der Waals surface area contributed by atoms with Crippen molar-refractivity contribution in [2.24, 2.45) is 0 Å². The molecule has 2 aromatic heterocycles. The maximum absolute atomic E-state index is 12.7. The van der Waals surface area contributed by atoms with Gasteiger partial charge in [0, 0.05) is 26.5 Å². The lowest BCUT2D eigenvalue weighted by Gasteiger charge is -2.11. The molecule has 33 heavy (non-hydrogen) atoms. The van der Waals surface area contributed by atoms with Crippen LogP contribution in [0.3, 0.4) is 0 Å². The van der Waals surface area contributed by atoms with Gasteiger partial charge < -0.3 is 15.1 Å². The van der Waals surface area contributed by atoms with E-state index in [1.165, 1.54) is 29.4 Å². The minimum Gasteiger partial charge on any atom is -0.459 e. The van der Waals surface area contributed by atoms with Crippen molar-refractivity contribution in [1.82, 2.24) is 4.98 Å². The molecule has 2 aromatic carbocycles. The Morgan fingerprint density at radius 2 is 1.94 bits per heavy atom. The van der Waals surface area contributed by atoms with Crippen molar-refractivity contribution in [3.05, 3.63) is 82.0 Å². The largest absolute Gasteiger partial charge is 0.459 e. The van der Waals surface area contributed by atoms with Gasteiger partial charge in [0.2, 0.25) is 5.91 Å². The molecule has 0 aliphatic rings. The molecule has 0 saturated heterocycles. The third kappa shape index (κ3) is 5.97.